The van der Waals surface area contributed by atoms with E-state index in [0.29, 0.717) is 0 Å². The van der Waals surface area contributed by atoms with Gasteiger partial charge in [-0.3, -0.25) is 9.59 Å². The second kappa shape index (κ2) is 10.9. The Labute approximate surface area is 118 Å². The fraction of sp³-hybridized carbons (Fsp3) is 0.571. The molecule has 20 heavy (non-hydrogen) atoms. The van der Waals surface area contributed by atoms with Crippen LogP contribution in [0.25, 0.3) is 0 Å². The largest absolute Gasteiger partial charge is 0.461 e. The topological polar surface area (TPSA) is 86.7 Å². The lowest BCUT2D eigenvalue weighted by molar-refractivity contribution is -0.144. The summed E-state index contributed by atoms with van der Waals surface area (Å²) in [6.07, 6.45) is 3.59. The van der Waals surface area contributed by atoms with Gasteiger partial charge in [0.1, 0.15) is 24.8 Å². The first-order valence-electron chi connectivity index (χ1n) is 6.37. The summed E-state index contributed by atoms with van der Waals surface area (Å²) in [6, 6.07) is 0. The Morgan fingerprint density at radius 3 is 1.35 bits per heavy atom. The van der Waals surface area contributed by atoms with Gasteiger partial charge in [0, 0.05) is 12.8 Å². The number of rotatable bonds is 10. The van der Waals surface area contributed by atoms with Crippen molar-refractivity contribution in [3.63, 3.8) is 0 Å². The van der Waals surface area contributed by atoms with Crippen molar-refractivity contribution in [1.82, 2.24) is 0 Å². The molecular weight excluding hydrogens is 264 g/mol. The molecule has 0 aromatic carbocycles. The van der Waals surface area contributed by atoms with Crippen LogP contribution in [0.2, 0.25) is 0 Å². The number of ketones is 2. The molecule has 6 heteroatoms. The minimum absolute atomic E-state index is 0.0602. The molecule has 0 atom stereocenters. The lowest BCUT2D eigenvalue weighted by atomic mass is 10.2. The molecule has 0 saturated carbocycles. The molecule has 0 N–H and O–H groups in total. The summed E-state index contributed by atoms with van der Waals surface area (Å²) in [5.41, 5.74) is 0. The van der Waals surface area contributed by atoms with E-state index in [4.69, 9.17) is 9.47 Å². The molecule has 0 heterocycles. The predicted molar refractivity (Wildman–Crippen MR) is 70.9 cm³/mol. The van der Waals surface area contributed by atoms with Gasteiger partial charge in [0.2, 0.25) is 0 Å². The van der Waals surface area contributed by atoms with Crippen LogP contribution in [0.15, 0.2) is 12.2 Å². The molecule has 0 amide bonds. The molecule has 0 radical (unpaired) electrons. The average molecular weight is 284 g/mol. The number of carbonyl (C=O) groups is 4. The Kier molecular flexibility index (Phi) is 9.82. The molecule has 0 fully saturated rings. The quantitative estimate of drug-likeness (QED) is 0.445. The third kappa shape index (κ3) is 12.5. The van der Waals surface area contributed by atoms with Crippen LogP contribution in [0.3, 0.4) is 0 Å². The third-order valence-corrected chi connectivity index (χ3v) is 2.21. The van der Waals surface area contributed by atoms with E-state index in [1.54, 1.807) is 12.2 Å². The second-order valence-corrected chi connectivity index (χ2v) is 4.24. The monoisotopic (exact) mass is 284 g/mol. The summed E-state index contributed by atoms with van der Waals surface area (Å²) in [6.45, 7) is 2.96. The normalized spacial score (nSPS) is 10.3. The maximum atomic E-state index is 11.1. The Morgan fingerprint density at radius 2 is 1.05 bits per heavy atom. The summed E-state index contributed by atoms with van der Waals surface area (Å²) in [5, 5.41) is 0. The molecule has 0 aromatic rings. The molecule has 0 aromatic heterocycles. The minimum Gasteiger partial charge on any atom is -0.461 e. The average Bonchev–Trinajstić information content (AvgIpc) is 2.37. The highest BCUT2D eigenvalue weighted by atomic mass is 16.5. The first-order chi connectivity index (χ1) is 9.41. The van der Waals surface area contributed by atoms with Gasteiger partial charge in [0.25, 0.3) is 0 Å². The van der Waals surface area contributed by atoms with Gasteiger partial charge in [-0.2, -0.15) is 0 Å². The Bertz CT molecular complexity index is 347. The van der Waals surface area contributed by atoms with Crippen LogP contribution in [-0.4, -0.2) is 36.7 Å². The number of hydrogen-bond donors (Lipinski definition) is 0. The zero-order valence-electron chi connectivity index (χ0n) is 11.8. The fourth-order valence-electron chi connectivity index (χ4n) is 1.12. The van der Waals surface area contributed by atoms with Crippen LogP contribution >= 0.6 is 0 Å². The van der Waals surface area contributed by atoms with Crippen LogP contribution in [-0.2, 0) is 28.7 Å². The van der Waals surface area contributed by atoms with Crippen LogP contribution < -0.4 is 0 Å². The van der Waals surface area contributed by atoms with Gasteiger partial charge in [0.05, 0.1) is 12.8 Å². The van der Waals surface area contributed by atoms with E-state index in [1.807, 2.05) is 0 Å². The summed E-state index contributed by atoms with van der Waals surface area (Å²) in [5.74, 6) is -1.00. The molecule has 6 nitrogen and oxygen atoms in total. The molecule has 0 spiro atoms. The van der Waals surface area contributed by atoms with Crippen molar-refractivity contribution in [2.24, 2.45) is 0 Å². The number of ether oxygens (including phenoxy) is 2. The molecule has 0 aliphatic heterocycles. The standard InChI is InChI=1S/C14H20O6/c1-11(15)5-7-13(17)19-9-3-4-10-20-14(18)8-6-12(2)16/h3-4H,5-10H2,1-2H3/b4-3+. The lowest BCUT2D eigenvalue weighted by Gasteiger charge is -2.01. The van der Waals surface area contributed by atoms with E-state index in [9.17, 15) is 19.2 Å². The molecule has 0 aliphatic carbocycles. The molecule has 112 valence electrons. The summed E-state index contributed by atoms with van der Waals surface area (Å²) in [4.78, 5) is 43.5. The van der Waals surface area contributed by atoms with Gasteiger partial charge in [-0.25, -0.2) is 0 Å². The van der Waals surface area contributed by atoms with E-state index < -0.39 is 11.9 Å². The maximum Gasteiger partial charge on any atom is 0.306 e. The Hall–Kier alpha value is -1.98. The fourth-order valence-corrected chi connectivity index (χ4v) is 1.12. The van der Waals surface area contributed by atoms with Gasteiger partial charge in [-0.15, -0.1) is 0 Å². The van der Waals surface area contributed by atoms with Crippen LogP contribution in [0.4, 0.5) is 0 Å². The van der Waals surface area contributed by atoms with Gasteiger partial charge in [0.15, 0.2) is 0 Å². The third-order valence-electron chi connectivity index (χ3n) is 2.21. The van der Waals surface area contributed by atoms with Crippen LogP contribution in [0, 0.1) is 0 Å². The highest BCUT2D eigenvalue weighted by Gasteiger charge is 2.04. The molecule has 0 aliphatic rings. The van der Waals surface area contributed by atoms with E-state index in [1.165, 1.54) is 13.8 Å². The zero-order valence-corrected chi connectivity index (χ0v) is 11.8. The predicted octanol–water partition coefficient (Wildman–Crippen LogP) is 1.37. The summed E-state index contributed by atoms with van der Waals surface area (Å²) >= 11 is 0. The number of hydrogen-bond acceptors (Lipinski definition) is 6. The Balaban J connectivity index is 3.57. The highest BCUT2D eigenvalue weighted by Crippen LogP contribution is 1.95. The second-order valence-electron chi connectivity index (χ2n) is 4.24. The van der Waals surface area contributed by atoms with E-state index in [-0.39, 0.29) is 50.5 Å². The van der Waals surface area contributed by atoms with Gasteiger partial charge in [-0.05, 0) is 26.0 Å². The zero-order chi connectivity index (χ0) is 15.4. The Morgan fingerprint density at radius 1 is 0.700 bits per heavy atom. The smallest absolute Gasteiger partial charge is 0.306 e. The van der Waals surface area contributed by atoms with Crippen molar-refractivity contribution in [1.29, 1.82) is 0 Å². The van der Waals surface area contributed by atoms with Crippen molar-refractivity contribution in [3.8, 4) is 0 Å². The van der Waals surface area contributed by atoms with Gasteiger partial charge >= 0.3 is 11.9 Å². The number of esters is 2. The van der Waals surface area contributed by atoms with Crippen molar-refractivity contribution in [3.05, 3.63) is 12.2 Å². The highest BCUT2D eigenvalue weighted by molar-refractivity contribution is 5.81. The molecule has 0 saturated heterocycles. The van der Waals surface area contributed by atoms with Gasteiger partial charge in [-0.1, -0.05) is 0 Å². The van der Waals surface area contributed by atoms with Gasteiger partial charge < -0.3 is 19.1 Å². The van der Waals surface area contributed by atoms with Crippen molar-refractivity contribution in [2.75, 3.05) is 13.2 Å². The SMILES string of the molecule is CC(=O)CCC(=O)OC/C=C/COC(=O)CCC(C)=O. The van der Waals surface area contributed by atoms with E-state index in [0.717, 1.165) is 0 Å². The molecule has 0 bridgehead atoms. The number of carbonyl (C=O) groups excluding carboxylic acids is 4. The van der Waals surface area contributed by atoms with E-state index in [2.05, 4.69) is 0 Å². The first-order valence-corrected chi connectivity index (χ1v) is 6.37. The summed E-state index contributed by atoms with van der Waals surface area (Å²) in [7, 11) is 0. The minimum atomic E-state index is -0.441. The maximum absolute atomic E-state index is 11.1. The first kappa shape index (κ1) is 18.0. The lowest BCUT2D eigenvalue weighted by Crippen LogP contribution is -2.07. The summed E-state index contributed by atoms with van der Waals surface area (Å²) < 4.78 is 9.63. The van der Waals surface area contributed by atoms with Crippen LogP contribution in [0.1, 0.15) is 39.5 Å². The van der Waals surface area contributed by atoms with Crippen molar-refractivity contribution >= 4 is 23.5 Å². The van der Waals surface area contributed by atoms with Crippen molar-refractivity contribution < 1.29 is 28.7 Å². The molecule has 0 rings (SSSR count). The van der Waals surface area contributed by atoms with Crippen molar-refractivity contribution in [2.45, 2.75) is 39.5 Å². The molecule has 0 unspecified atom stereocenters. The van der Waals surface area contributed by atoms with Crippen LogP contribution in [0.5, 0.6) is 0 Å². The van der Waals surface area contributed by atoms with E-state index >= 15 is 0 Å². The number of Topliss-reactive ketones (excluding diaryl/α,β-unsaturated/α-hetero) is 2. The molecular formula is C14H20O6.